The second kappa shape index (κ2) is 8.47. The summed E-state index contributed by atoms with van der Waals surface area (Å²) in [5, 5.41) is 3.43. The molecule has 2 aromatic carbocycles. The van der Waals surface area contributed by atoms with Crippen LogP contribution in [0.5, 0.6) is 5.75 Å². The Morgan fingerprint density at radius 2 is 1.83 bits per heavy atom. The number of amides is 1. The third-order valence-corrected chi connectivity index (χ3v) is 9.85. The molecular formula is C29H37N5O2. The standard InChI is InChI=1S/C29H37N5O2/c1-33-26-10-8-21(36-2)16-23(26)29(28(33)35)17-24(29)19-5-9-22-25(15-19)31-32-27(22)18-3-6-20(7-4-18)34-13-11-30-12-14-34/h3-4,6-8,10,16,19,22,24-25,27,30-32H,5,9,11-15,17H2,1-2H3/t19?,22?,24-,25?,27?,29-/m0/s1. The van der Waals surface area contributed by atoms with Crippen LogP contribution in [-0.4, -0.2) is 52.3 Å². The molecule has 4 fully saturated rings. The van der Waals surface area contributed by atoms with Gasteiger partial charge in [0.25, 0.3) is 0 Å². The van der Waals surface area contributed by atoms with Crippen molar-refractivity contribution in [2.24, 2.45) is 17.8 Å². The van der Waals surface area contributed by atoms with Crippen LogP contribution in [0.25, 0.3) is 0 Å². The van der Waals surface area contributed by atoms with E-state index in [1.807, 2.05) is 24.1 Å². The molecule has 5 aliphatic rings. The molecule has 0 bridgehead atoms. The van der Waals surface area contributed by atoms with Gasteiger partial charge in [-0.25, -0.2) is 5.43 Å². The molecule has 0 radical (unpaired) electrons. The highest BCUT2D eigenvalue weighted by atomic mass is 16.5. The number of fused-ring (bicyclic) bond motifs is 3. The summed E-state index contributed by atoms with van der Waals surface area (Å²) in [6.45, 7) is 4.27. The highest BCUT2D eigenvalue weighted by Crippen LogP contribution is 2.66. The third-order valence-electron chi connectivity index (χ3n) is 9.85. The van der Waals surface area contributed by atoms with Crippen molar-refractivity contribution in [3.8, 4) is 5.75 Å². The summed E-state index contributed by atoms with van der Waals surface area (Å²) >= 11 is 0. The van der Waals surface area contributed by atoms with Crippen molar-refractivity contribution < 1.29 is 9.53 Å². The minimum absolute atomic E-state index is 0.276. The largest absolute Gasteiger partial charge is 0.497 e. The van der Waals surface area contributed by atoms with Crippen LogP contribution in [-0.2, 0) is 10.2 Å². The first-order chi connectivity index (χ1) is 17.6. The number of likely N-dealkylation sites (N-methyl/N-ethyl adjacent to an activating group) is 1. The van der Waals surface area contributed by atoms with E-state index in [9.17, 15) is 4.79 Å². The second-order valence-electron chi connectivity index (χ2n) is 11.5. The van der Waals surface area contributed by atoms with Gasteiger partial charge in [0, 0.05) is 50.6 Å². The first kappa shape index (κ1) is 22.6. The minimum Gasteiger partial charge on any atom is -0.497 e. The maximum atomic E-state index is 13.5. The van der Waals surface area contributed by atoms with Gasteiger partial charge in [0.1, 0.15) is 5.75 Å². The van der Waals surface area contributed by atoms with Crippen LogP contribution in [0.1, 0.15) is 42.9 Å². The molecule has 7 rings (SSSR count). The van der Waals surface area contributed by atoms with E-state index in [-0.39, 0.29) is 11.3 Å². The van der Waals surface area contributed by atoms with Gasteiger partial charge in [-0.05, 0) is 84.9 Å². The van der Waals surface area contributed by atoms with Crippen LogP contribution < -0.4 is 30.7 Å². The Hall–Kier alpha value is -2.61. The first-order valence-corrected chi connectivity index (χ1v) is 13.6. The van der Waals surface area contributed by atoms with Crippen molar-refractivity contribution in [2.45, 2.75) is 43.2 Å². The molecule has 2 aliphatic carbocycles. The normalized spacial score (nSPS) is 35.2. The Morgan fingerprint density at radius 3 is 2.61 bits per heavy atom. The van der Waals surface area contributed by atoms with Gasteiger partial charge < -0.3 is 19.9 Å². The lowest BCUT2D eigenvalue weighted by molar-refractivity contribution is -0.120. The van der Waals surface area contributed by atoms with Crippen molar-refractivity contribution in [3.05, 3.63) is 53.6 Å². The zero-order valence-corrected chi connectivity index (χ0v) is 21.3. The fraction of sp³-hybridized carbons (Fsp3) is 0.552. The monoisotopic (exact) mass is 487 g/mol. The molecule has 2 aromatic rings. The molecule has 3 heterocycles. The van der Waals surface area contributed by atoms with Crippen LogP contribution in [0.3, 0.4) is 0 Å². The fourth-order valence-electron chi connectivity index (χ4n) is 7.84. The summed E-state index contributed by atoms with van der Waals surface area (Å²) in [6, 6.07) is 16.2. The van der Waals surface area contributed by atoms with E-state index >= 15 is 0 Å². The van der Waals surface area contributed by atoms with Crippen molar-refractivity contribution in [3.63, 3.8) is 0 Å². The van der Waals surface area contributed by atoms with Crippen molar-refractivity contribution >= 4 is 17.3 Å². The topological polar surface area (TPSA) is 68.9 Å². The Bertz CT molecular complexity index is 1160. The van der Waals surface area contributed by atoms with Gasteiger partial charge in [-0.2, -0.15) is 0 Å². The van der Waals surface area contributed by atoms with Crippen LogP contribution in [0.2, 0.25) is 0 Å². The highest BCUT2D eigenvalue weighted by Gasteiger charge is 2.68. The molecular weight excluding hydrogens is 450 g/mol. The number of ether oxygens (including phenoxy) is 1. The van der Waals surface area contributed by atoms with Crippen molar-refractivity contribution in [1.29, 1.82) is 0 Å². The Labute approximate surface area is 213 Å². The average molecular weight is 488 g/mol. The van der Waals surface area contributed by atoms with Gasteiger partial charge in [-0.3, -0.25) is 10.2 Å². The molecule has 1 amide bonds. The number of carbonyl (C=O) groups excluding carboxylic acids is 1. The highest BCUT2D eigenvalue weighted by molar-refractivity contribution is 6.10. The molecule has 0 aromatic heterocycles. The van der Waals surface area contributed by atoms with E-state index in [0.717, 1.165) is 50.5 Å². The fourth-order valence-corrected chi connectivity index (χ4v) is 7.84. The number of rotatable bonds is 4. The van der Waals surface area contributed by atoms with Gasteiger partial charge in [0.05, 0.1) is 18.6 Å². The number of carbonyl (C=O) groups is 1. The van der Waals surface area contributed by atoms with Gasteiger partial charge >= 0.3 is 0 Å². The van der Waals surface area contributed by atoms with Crippen molar-refractivity contribution in [1.82, 2.24) is 16.2 Å². The number of hydrogen-bond acceptors (Lipinski definition) is 6. The van der Waals surface area contributed by atoms with Gasteiger partial charge in [0.15, 0.2) is 0 Å². The molecule has 190 valence electrons. The molecule has 36 heavy (non-hydrogen) atoms. The van der Waals surface area contributed by atoms with Gasteiger partial charge in [0.2, 0.25) is 5.91 Å². The molecule has 2 saturated carbocycles. The number of nitrogens with zero attached hydrogens (tertiary/aromatic N) is 2. The molecule has 7 nitrogen and oxygen atoms in total. The maximum Gasteiger partial charge on any atom is 0.237 e. The van der Waals surface area contributed by atoms with Crippen LogP contribution in [0, 0.1) is 17.8 Å². The van der Waals surface area contributed by atoms with E-state index < -0.39 is 0 Å². The van der Waals surface area contributed by atoms with Crippen LogP contribution in [0.4, 0.5) is 11.4 Å². The van der Waals surface area contributed by atoms with Gasteiger partial charge in [-0.1, -0.05) is 12.1 Å². The molecule has 1 spiro atoms. The molecule has 3 N–H and O–H groups in total. The predicted molar refractivity (Wildman–Crippen MR) is 141 cm³/mol. The lowest BCUT2D eigenvalue weighted by Crippen LogP contribution is -2.43. The van der Waals surface area contributed by atoms with Crippen LogP contribution >= 0.6 is 0 Å². The number of anilines is 2. The summed E-state index contributed by atoms with van der Waals surface area (Å²) in [4.78, 5) is 17.8. The summed E-state index contributed by atoms with van der Waals surface area (Å²) in [6.07, 6.45) is 4.50. The summed E-state index contributed by atoms with van der Waals surface area (Å²) in [5.41, 5.74) is 11.9. The van der Waals surface area contributed by atoms with Gasteiger partial charge in [-0.15, -0.1) is 0 Å². The minimum atomic E-state index is -0.332. The lowest BCUT2D eigenvalue weighted by Gasteiger charge is -2.34. The Morgan fingerprint density at radius 1 is 1.03 bits per heavy atom. The number of piperazine rings is 1. The predicted octanol–water partition coefficient (Wildman–Crippen LogP) is 2.97. The average Bonchev–Trinajstić information content (AvgIpc) is 3.50. The summed E-state index contributed by atoms with van der Waals surface area (Å²) in [7, 11) is 3.63. The quantitative estimate of drug-likeness (QED) is 0.616. The molecule has 4 unspecified atom stereocenters. The van der Waals surface area contributed by atoms with E-state index in [0.29, 0.717) is 29.8 Å². The van der Waals surface area contributed by atoms with Crippen LogP contribution in [0.15, 0.2) is 42.5 Å². The maximum absolute atomic E-state index is 13.5. The number of benzene rings is 2. The molecule has 2 saturated heterocycles. The Balaban J connectivity index is 1.05. The summed E-state index contributed by atoms with van der Waals surface area (Å²) < 4.78 is 5.51. The van der Waals surface area contributed by atoms with Crippen molar-refractivity contribution in [2.75, 3.05) is 50.1 Å². The van der Waals surface area contributed by atoms with E-state index in [1.54, 1.807) is 7.11 Å². The molecule has 3 aliphatic heterocycles. The van der Waals surface area contributed by atoms with E-state index in [2.05, 4.69) is 51.4 Å². The number of hydrogen-bond donors (Lipinski definition) is 3. The second-order valence-corrected chi connectivity index (χ2v) is 11.5. The zero-order chi connectivity index (χ0) is 24.4. The summed E-state index contributed by atoms with van der Waals surface area (Å²) in [5.74, 6) is 2.72. The molecule has 7 heteroatoms. The Kier molecular flexibility index (Phi) is 5.31. The lowest BCUT2D eigenvalue weighted by atomic mass is 9.72. The first-order valence-electron chi connectivity index (χ1n) is 13.6. The van der Waals surface area contributed by atoms with E-state index in [4.69, 9.17) is 4.74 Å². The number of nitrogens with one attached hydrogen (secondary N) is 3. The SMILES string of the molecule is COc1ccc2c(c1)[C@]1(C[C@H]1C1CCC3C(C1)NNC3c1ccc(N3CCNCC3)cc1)C(=O)N2C. The number of methoxy groups -OCH3 is 1. The smallest absolute Gasteiger partial charge is 0.237 e. The number of hydrazine groups is 1. The molecule has 6 atom stereocenters. The van der Waals surface area contributed by atoms with E-state index in [1.165, 1.54) is 29.7 Å². The zero-order valence-electron chi connectivity index (χ0n) is 21.3. The third kappa shape index (κ3) is 3.32.